The van der Waals surface area contributed by atoms with Crippen LogP contribution in [0.1, 0.15) is 44.7 Å². The van der Waals surface area contributed by atoms with Crippen molar-refractivity contribution in [2.75, 3.05) is 0 Å². The molecule has 0 aliphatic heterocycles. The van der Waals surface area contributed by atoms with Crippen LogP contribution in [0.4, 0.5) is 0 Å². The predicted molar refractivity (Wildman–Crippen MR) is 81.4 cm³/mol. The van der Waals surface area contributed by atoms with Crippen LogP contribution in [-0.4, -0.2) is 22.8 Å². The number of aliphatic hydroxyl groups excluding tert-OH is 1. The fourth-order valence-corrected chi connectivity index (χ4v) is 4.85. The Hall–Kier alpha value is -1.39. The summed E-state index contributed by atoms with van der Waals surface area (Å²) in [6.45, 7) is 7.94. The van der Waals surface area contributed by atoms with E-state index in [2.05, 4.69) is 25.5 Å². The quantitative estimate of drug-likeness (QED) is 0.895. The van der Waals surface area contributed by atoms with E-state index in [1.54, 1.807) is 0 Å². The van der Waals surface area contributed by atoms with Gasteiger partial charge >= 0.3 is 6.47 Å². The van der Waals surface area contributed by atoms with Crippen molar-refractivity contribution < 1.29 is 19.7 Å². The summed E-state index contributed by atoms with van der Waals surface area (Å²) in [5.41, 5.74) is -0.154. The van der Waals surface area contributed by atoms with Crippen LogP contribution in [0.15, 0.2) is 24.3 Å². The van der Waals surface area contributed by atoms with E-state index in [-0.39, 0.29) is 23.4 Å². The van der Waals surface area contributed by atoms with Crippen molar-refractivity contribution in [1.82, 2.24) is 0 Å². The predicted octanol–water partition coefficient (Wildman–Crippen LogP) is 2.28. The van der Waals surface area contributed by atoms with Gasteiger partial charge in [0.15, 0.2) is 0 Å². The van der Waals surface area contributed by atoms with E-state index in [1.165, 1.54) is 6.47 Å². The van der Waals surface area contributed by atoms with Crippen LogP contribution >= 0.6 is 0 Å². The molecule has 0 saturated heterocycles. The molecule has 1 aromatic rings. The van der Waals surface area contributed by atoms with E-state index in [9.17, 15) is 15.0 Å². The highest BCUT2D eigenvalue weighted by atomic mass is 16.5. The number of carbonyl (C=O) groups excluding carboxylic acids is 1. The summed E-state index contributed by atoms with van der Waals surface area (Å²) >= 11 is 0. The number of ether oxygens (including phenoxy) is 1. The van der Waals surface area contributed by atoms with Crippen molar-refractivity contribution in [2.45, 2.75) is 51.9 Å². The molecule has 2 N–H and O–H groups in total. The Morgan fingerprint density at radius 3 is 2.41 bits per heavy atom. The lowest BCUT2D eigenvalue weighted by Crippen LogP contribution is -2.50. The summed E-state index contributed by atoms with van der Waals surface area (Å²) < 4.78 is 4.62. The summed E-state index contributed by atoms with van der Waals surface area (Å²) in [4.78, 5) is 10.1. The minimum Gasteiger partial charge on any atom is -0.452 e. The summed E-state index contributed by atoms with van der Waals surface area (Å²) in [6.07, 6.45) is 1.10. The highest BCUT2D eigenvalue weighted by molar-refractivity contribution is 5.39. The molecule has 0 spiro atoms. The van der Waals surface area contributed by atoms with Crippen molar-refractivity contribution in [1.29, 1.82) is 0 Å². The molecule has 0 aromatic heterocycles. The number of hydrogen-bond donors (Lipinski definition) is 2. The van der Waals surface area contributed by atoms with E-state index in [0.29, 0.717) is 0 Å². The molecule has 2 bridgehead atoms. The molecule has 2 aliphatic carbocycles. The van der Waals surface area contributed by atoms with E-state index in [0.717, 1.165) is 24.0 Å². The lowest BCUT2D eigenvalue weighted by molar-refractivity contribution is -0.154. The van der Waals surface area contributed by atoms with Gasteiger partial charge < -0.3 is 14.9 Å². The number of rotatable bonds is 4. The second-order valence-corrected chi connectivity index (χ2v) is 7.48. The molecule has 4 unspecified atom stereocenters. The van der Waals surface area contributed by atoms with Crippen LogP contribution in [0.25, 0.3) is 0 Å². The minimum atomic E-state index is -1.24. The van der Waals surface area contributed by atoms with E-state index >= 15 is 0 Å². The highest BCUT2D eigenvalue weighted by Crippen LogP contribution is 2.72. The van der Waals surface area contributed by atoms with Gasteiger partial charge in [0.25, 0.3) is 0 Å². The fraction of sp³-hybridized carbons (Fsp3) is 0.611. The monoisotopic (exact) mass is 303 g/mol. The Bertz CT molecular complexity index is 579. The van der Waals surface area contributed by atoms with Crippen LogP contribution in [0, 0.1) is 16.7 Å². The molecular weight excluding hydrogens is 280 g/mol. The molecule has 2 fully saturated rings. The van der Waals surface area contributed by atoms with Gasteiger partial charge in [-0.2, -0.15) is 0 Å². The van der Waals surface area contributed by atoms with E-state index < -0.39 is 11.7 Å². The zero-order chi connectivity index (χ0) is 16.2. The van der Waals surface area contributed by atoms with Crippen molar-refractivity contribution in [3.8, 4) is 0 Å². The van der Waals surface area contributed by atoms with Crippen LogP contribution in [0.3, 0.4) is 0 Å². The first-order chi connectivity index (χ1) is 10.3. The van der Waals surface area contributed by atoms with Gasteiger partial charge in [-0.25, -0.2) is 4.79 Å². The molecule has 0 heterocycles. The molecule has 1 aromatic carbocycles. The highest BCUT2D eigenvalue weighted by Gasteiger charge is 2.73. The number of fused-ring (bicyclic) bond motifs is 2. The molecule has 1 radical (unpaired) electrons. The van der Waals surface area contributed by atoms with Gasteiger partial charge in [-0.1, -0.05) is 45.0 Å². The normalized spacial score (nSPS) is 39.0. The topological polar surface area (TPSA) is 66.8 Å². The van der Waals surface area contributed by atoms with Crippen molar-refractivity contribution >= 4 is 6.47 Å². The van der Waals surface area contributed by atoms with E-state index in [1.807, 2.05) is 24.3 Å². The van der Waals surface area contributed by atoms with Gasteiger partial charge in [-0.3, -0.25) is 0 Å². The first-order valence-electron chi connectivity index (χ1n) is 7.78. The van der Waals surface area contributed by atoms with Crippen LogP contribution in [0.5, 0.6) is 0 Å². The average molecular weight is 303 g/mol. The minimum absolute atomic E-state index is 0.107. The molecule has 4 atom stereocenters. The van der Waals surface area contributed by atoms with Crippen LogP contribution in [0.2, 0.25) is 0 Å². The largest absolute Gasteiger partial charge is 0.452 e. The second-order valence-electron chi connectivity index (χ2n) is 7.48. The first kappa shape index (κ1) is 15.5. The molecule has 0 amide bonds. The maximum absolute atomic E-state index is 11.4. The van der Waals surface area contributed by atoms with Crippen molar-refractivity contribution in [2.24, 2.45) is 16.7 Å². The Balaban J connectivity index is 1.98. The summed E-state index contributed by atoms with van der Waals surface area (Å²) in [6, 6.07) is 7.29. The molecule has 119 valence electrons. The molecule has 2 aliphatic rings. The second kappa shape index (κ2) is 4.80. The molecular formula is C18H23O4. The zero-order valence-electron chi connectivity index (χ0n) is 13.3. The number of aliphatic hydroxyl groups is 2. The molecule has 22 heavy (non-hydrogen) atoms. The smallest absolute Gasteiger partial charge is 0.417 e. The van der Waals surface area contributed by atoms with Crippen molar-refractivity contribution in [3.05, 3.63) is 35.4 Å². The van der Waals surface area contributed by atoms with Gasteiger partial charge in [0.05, 0.1) is 6.10 Å². The lowest BCUT2D eigenvalue weighted by atomic mass is 9.62. The van der Waals surface area contributed by atoms with E-state index in [4.69, 9.17) is 0 Å². The number of benzene rings is 1. The Kier molecular flexibility index (Phi) is 3.38. The third kappa shape index (κ3) is 1.68. The molecule has 3 rings (SSSR count). The van der Waals surface area contributed by atoms with Gasteiger partial charge in [-0.05, 0) is 35.3 Å². The SMILES string of the molecule is CC1(C)C2CCC1(C)C(O)(c1ccc(CO[C]=O)cc1)C2O. The average Bonchev–Trinajstić information content (AvgIpc) is 2.80. The van der Waals surface area contributed by atoms with Crippen molar-refractivity contribution in [3.63, 3.8) is 0 Å². The maximum Gasteiger partial charge on any atom is 0.417 e. The summed E-state index contributed by atoms with van der Waals surface area (Å²) in [5.74, 6) is 0.107. The zero-order valence-corrected chi connectivity index (χ0v) is 13.3. The van der Waals surface area contributed by atoms with Gasteiger partial charge in [0.1, 0.15) is 12.2 Å². The third-order valence-corrected chi connectivity index (χ3v) is 6.65. The summed E-state index contributed by atoms with van der Waals surface area (Å²) in [5, 5.41) is 22.2. The maximum atomic E-state index is 11.4. The molecule has 2 saturated carbocycles. The van der Waals surface area contributed by atoms with Gasteiger partial charge in [0.2, 0.25) is 0 Å². The third-order valence-electron chi connectivity index (χ3n) is 6.65. The summed E-state index contributed by atoms with van der Waals surface area (Å²) in [7, 11) is 0. The lowest BCUT2D eigenvalue weighted by Gasteiger charge is -2.46. The first-order valence-corrected chi connectivity index (χ1v) is 7.78. The number of hydrogen-bond acceptors (Lipinski definition) is 4. The fourth-order valence-electron chi connectivity index (χ4n) is 4.85. The molecule has 4 nitrogen and oxygen atoms in total. The Morgan fingerprint density at radius 1 is 1.27 bits per heavy atom. The standard InChI is InChI=1S/C18H23O4/c1-16(2)14-8-9-17(16,3)18(21,15(14)20)13-6-4-12(5-7-13)10-22-11-19/h4-7,14-15,20-21H,8-10H2,1-3H3. The Morgan fingerprint density at radius 2 is 1.91 bits per heavy atom. The molecule has 4 heteroatoms. The van der Waals surface area contributed by atoms with Gasteiger partial charge in [0, 0.05) is 5.41 Å². The van der Waals surface area contributed by atoms with Gasteiger partial charge in [-0.15, -0.1) is 0 Å². The van der Waals surface area contributed by atoms with Crippen LogP contribution in [-0.2, 0) is 21.7 Å². The Labute approximate surface area is 131 Å². The van der Waals surface area contributed by atoms with Crippen LogP contribution < -0.4 is 0 Å².